The summed E-state index contributed by atoms with van der Waals surface area (Å²) in [6, 6.07) is 0. The van der Waals surface area contributed by atoms with Crippen molar-refractivity contribution in [2.24, 2.45) is 5.73 Å². The lowest BCUT2D eigenvalue weighted by molar-refractivity contribution is 0.0170. The highest BCUT2D eigenvalue weighted by molar-refractivity contribution is 7.12. The zero-order valence-electron chi connectivity index (χ0n) is 11.2. The zero-order valence-corrected chi connectivity index (χ0v) is 12.0. The van der Waals surface area contributed by atoms with Crippen molar-refractivity contribution in [3.05, 3.63) is 15.6 Å². The summed E-state index contributed by atoms with van der Waals surface area (Å²) in [4.78, 5) is 4.90. The van der Waals surface area contributed by atoms with Crippen molar-refractivity contribution in [3.63, 3.8) is 0 Å². The average molecular weight is 262 g/mol. The Morgan fingerprint density at radius 3 is 1.76 bits per heavy atom. The molecule has 1 heterocycles. The lowest BCUT2D eigenvalue weighted by atomic mass is 9.88. The fourth-order valence-electron chi connectivity index (χ4n) is 1.45. The van der Waals surface area contributed by atoms with E-state index in [9.17, 15) is 8.78 Å². The smallest absolute Gasteiger partial charge is 0.296 e. The standard InChI is InChI=1S/C12H20F2N2S/c1-10(2,3)8-7(11(4,5)15)16-9(17-8)12(6,13)14/h15H2,1-6H3. The second-order valence-corrected chi connectivity index (χ2v) is 7.06. The molecule has 2 nitrogen and oxygen atoms in total. The first-order valence-electron chi connectivity index (χ1n) is 5.52. The SMILES string of the molecule is CC(C)(C)c1sc(C(C)(F)F)nc1C(C)(C)N. The first kappa shape index (κ1) is 14.5. The van der Waals surface area contributed by atoms with Gasteiger partial charge in [-0.3, -0.25) is 0 Å². The summed E-state index contributed by atoms with van der Waals surface area (Å²) < 4.78 is 26.7. The molecular weight excluding hydrogens is 242 g/mol. The predicted molar refractivity (Wildman–Crippen MR) is 67.6 cm³/mol. The highest BCUT2D eigenvalue weighted by atomic mass is 32.1. The van der Waals surface area contributed by atoms with Crippen LogP contribution in [-0.4, -0.2) is 4.98 Å². The number of hydrogen-bond donors (Lipinski definition) is 1. The molecule has 0 aromatic carbocycles. The van der Waals surface area contributed by atoms with Crippen LogP contribution in [0, 0.1) is 0 Å². The number of alkyl halides is 2. The molecule has 0 amide bonds. The van der Waals surface area contributed by atoms with Crippen molar-refractivity contribution >= 4 is 11.3 Å². The molecule has 0 bridgehead atoms. The minimum atomic E-state index is -2.91. The number of aromatic nitrogens is 1. The monoisotopic (exact) mass is 262 g/mol. The van der Waals surface area contributed by atoms with Crippen LogP contribution in [0.3, 0.4) is 0 Å². The second kappa shape index (κ2) is 3.99. The van der Waals surface area contributed by atoms with Gasteiger partial charge < -0.3 is 5.73 Å². The summed E-state index contributed by atoms with van der Waals surface area (Å²) in [5, 5.41) is -0.157. The Bertz CT molecular complexity index is 374. The lowest BCUT2D eigenvalue weighted by Gasteiger charge is -2.24. The minimum Gasteiger partial charge on any atom is -0.321 e. The van der Waals surface area contributed by atoms with E-state index in [1.54, 1.807) is 13.8 Å². The maximum Gasteiger partial charge on any atom is 0.296 e. The highest BCUT2D eigenvalue weighted by Gasteiger charge is 2.36. The molecule has 0 unspecified atom stereocenters. The molecule has 0 saturated carbocycles. The predicted octanol–water partition coefficient (Wildman–Crippen LogP) is 3.75. The Balaban J connectivity index is 3.44. The van der Waals surface area contributed by atoms with Crippen LogP contribution in [0.4, 0.5) is 8.78 Å². The molecule has 0 saturated heterocycles. The van der Waals surface area contributed by atoms with Gasteiger partial charge in [-0.15, -0.1) is 11.3 Å². The van der Waals surface area contributed by atoms with Gasteiger partial charge in [-0.1, -0.05) is 20.8 Å². The maximum absolute atomic E-state index is 13.3. The third-order valence-corrected chi connectivity index (χ3v) is 3.95. The van der Waals surface area contributed by atoms with Gasteiger partial charge in [-0.05, 0) is 19.3 Å². The van der Waals surface area contributed by atoms with E-state index in [1.165, 1.54) is 0 Å². The Morgan fingerprint density at radius 1 is 1.06 bits per heavy atom. The van der Waals surface area contributed by atoms with Crippen LogP contribution in [0.1, 0.15) is 57.1 Å². The third kappa shape index (κ3) is 3.22. The number of thiazole rings is 1. The highest BCUT2D eigenvalue weighted by Crippen LogP contribution is 2.40. The average Bonchev–Trinajstić information content (AvgIpc) is 2.42. The van der Waals surface area contributed by atoms with Gasteiger partial charge in [0.25, 0.3) is 5.92 Å². The number of halogens is 2. The third-order valence-electron chi connectivity index (χ3n) is 2.29. The molecule has 1 aromatic rings. The summed E-state index contributed by atoms with van der Waals surface area (Å²) in [5.74, 6) is -2.91. The molecule has 1 aromatic heterocycles. The quantitative estimate of drug-likeness (QED) is 0.881. The van der Waals surface area contributed by atoms with Crippen LogP contribution in [0.15, 0.2) is 0 Å². The van der Waals surface area contributed by atoms with Crippen LogP contribution in [-0.2, 0) is 16.9 Å². The van der Waals surface area contributed by atoms with E-state index in [1.807, 2.05) is 20.8 Å². The maximum atomic E-state index is 13.3. The summed E-state index contributed by atoms with van der Waals surface area (Å²) in [5.41, 5.74) is 5.65. The van der Waals surface area contributed by atoms with Gasteiger partial charge in [0.2, 0.25) is 0 Å². The van der Waals surface area contributed by atoms with E-state index in [2.05, 4.69) is 4.98 Å². The van der Waals surface area contributed by atoms with Crippen LogP contribution in [0.5, 0.6) is 0 Å². The Morgan fingerprint density at radius 2 is 1.53 bits per heavy atom. The molecule has 98 valence electrons. The van der Waals surface area contributed by atoms with Crippen molar-refractivity contribution in [2.75, 3.05) is 0 Å². The fraction of sp³-hybridized carbons (Fsp3) is 0.750. The second-order valence-electron chi connectivity index (χ2n) is 6.06. The van der Waals surface area contributed by atoms with E-state index in [0.29, 0.717) is 5.69 Å². The van der Waals surface area contributed by atoms with Crippen molar-refractivity contribution < 1.29 is 8.78 Å². The first-order chi connectivity index (χ1) is 7.33. The molecular formula is C12H20F2N2S. The van der Waals surface area contributed by atoms with Gasteiger partial charge in [0.1, 0.15) is 0 Å². The van der Waals surface area contributed by atoms with E-state index in [0.717, 1.165) is 23.1 Å². The molecule has 0 aliphatic rings. The summed E-state index contributed by atoms with van der Waals surface area (Å²) >= 11 is 1.06. The van der Waals surface area contributed by atoms with E-state index >= 15 is 0 Å². The van der Waals surface area contributed by atoms with Crippen molar-refractivity contribution in [3.8, 4) is 0 Å². The topological polar surface area (TPSA) is 38.9 Å². The van der Waals surface area contributed by atoms with Crippen LogP contribution in [0.25, 0.3) is 0 Å². The van der Waals surface area contributed by atoms with Crippen LogP contribution < -0.4 is 5.73 Å². The fourth-order valence-corrected chi connectivity index (χ4v) is 2.67. The molecule has 2 N–H and O–H groups in total. The van der Waals surface area contributed by atoms with Crippen molar-refractivity contribution in [1.82, 2.24) is 4.98 Å². The molecule has 0 atom stereocenters. The van der Waals surface area contributed by atoms with Gasteiger partial charge in [0.05, 0.1) is 11.2 Å². The largest absolute Gasteiger partial charge is 0.321 e. The van der Waals surface area contributed by atoms with Gasteiger partial charge in [0, 0.05) is 11.8 Å². The summed E-state index contributed by atoms with van der Waals surface area (Å²) in [6.07, 6.45) is 0. The number of rotatable bonds is 2. The summed E-state index contributed by atoms with van der Waals surface area (Å²) in [6.45, 7) is 10.4. The van der Waals surface area contributed by atoms with Gasteiger partial charge in [0.15, 0.2) is 5.01 Å². The molecule has 5 heteroatoms. The van der Waals surface area contributed by atoms with E-state index in [-0.39, 0.29) is 10.4 Å². The van der Waals surface area contributed by atoms with Crippen molar-refractivity contribution in [2.45, 2.75) is 58.4 Å². The van der Waals surface area contributed by atoms with Crippen LogP contribution >= 0.6 is 11.3 Å². The van der Waals surface area contributed by atoms with Crippen molar-refractivity contribution in [1.29, 1.82) is 0 Å². The zero-order chi connectivity index (χ0) is 13.6. The number of hydrogen-bond acceptors (Lipinski definition) is 3. The van der Waals surface area contributed by atoms with Crippen LogP contribution in [0.2, 0.25) is 0 Å². The summed E-state index contributed by atoms with van der Waals surface area (Å²) in [7, 11) is 0. The number of nitrogens with two attached hydrogens (primary N) is 1. The molecule has 0 fully saturated rings. The molecule has 0 radical (unpaired) electrons. The molecule has 17 heavy (non-hydrogen) atoms. The van der Waals surface area contributed by atoms with E-state index < -0.39 is 11.5 Å². The Kier molecular flexibility index (Phi) is 3.40. The first-order valence-corrected chi connectivity index (χ1v) is 6.34. The lowest BCUT2D eigenvalue weighted by Crippen LogP contribution is -2.32. The van der Waals surface area contributed by atoms with Gasteiger partial charge >= 0.3 is 0 Å². The Labute approximate surface area is 105 Å². The minimum absolute atomic E-state index is 0.157. The molecule has 0 aliphatic carbocycles. The molecule has 1 rings (SSSR count). The normalized spacial score (nSPS) is 14.2. The Hall–Kier alpha value is -0.550. The molecule has 0 aliphatic heterocycles. The molecule has 0 spiro atoms. The van der Waals surface area contributed by atoms with Gasteiger partial charge in [-0.25, -0.2) is 4.98 Å². The van der Waals surface area contributed by atoms with E-state index in [4.69, 9.17) is 5.73 Å². The number of nitrogens with zero attached hydrogens (tertiary/aromatic N) is 1. The van der Waals surface area contributed by atoms with Gasteiger partial charge in [-0.2, -0.15) is 8.78 Å².